The standard InChI is InChI=1S/C30H33Cl2FN6O3/c31-24-14-21(29(34)41)15-25(32)28(24)37-27(40)18-39-13-12-38(17-26(39)30(35)42)11-2-1-5-23(20-4-3-10-36-16-20)19-6-8-22(33)9-7-19/h3-4,6-10,14-16,23,26H,1-2,5,11-13,17-18H2,(H2,34,41)(H2,35,42)(H,37,40). The lowest BCUT2D eigenvalue weighted by Gasteiger charge is -2.39. The van der Waals surface area contributed by atoms with Crippen molar-refractivity contribution in [3.05, 3.63) is 93.5 Å². The molecule has 42 heavy (non-hydrogen) atoms. The van der Waals surface area contributed by atoms with Crippen LogP contribution >= 0.6 is 23.2 Å². The van der Waals surface area contributed by atoms with E-state index in [-0.39, 0.29) is 39.6 Å². The Labute approximate surface area is 254 Å². The topological polar surface area (TPSA) is 135 Å². The maximum absolute atomic E-state index is 13.5. The molecule has 0 bridgehead atoms. The SMILES string of the molecule is NC(=O)c1cc(Cl)c(NC(=O)CN2CCN(CCCCC(c3ccc(F)cc3)c3cccnc3)CC2C(N)=O)c(Cl)c1. The van der Waals surface area contributed by atoms with Crippen molar-refractivity contribution in [1.82, 2.24) is 14.8 Å². The summed E-state index contributed by atoms with van der Waals surface area (Å²) in [6.07, 6.45) is 6.25. The Morgan fingerprint density at radius 3 is 2.36 bits per heavy atom. The summed E-state index contributed by atoms with van der Waals surface area (Å²) in [5, 5.41) is 2.81. The van der Waals surface area contributed by atoms with Gasteiger partial charge in [-0.25, -0.2) is 4.39 Å². The molecule has 1 aliphatic heterocycles. The van der Waals surface area contributed by atoms with E-state index in [1.807, 2.05) is 30.5 Å². The molecule has 1 aromatic heterocycles. The number of hydrogen-bond acceptors (Lipinski definition) is 6. The van der Waals surface area contributed by atoms with Crippen LogP contribution in [0.2, 0.25) is 10.0 Å². The number of halogens is 3. The van der Waals surface area contributed by atoms with E-state index in [0.717, 1.165) is 36.9 Å². The second kappa shape index (κ2) is 14.6. The fourth-order valence-corrected chi connectivity index (χ4v) is 5.81. The molecular weight excluding hydrogens is 582 g/mol. The summed E-state index contributed by atoms with van der Waals surface area (Å²) >= 11 is 12.4. The molecule has 0 radical (unpaired) electrons. The maximum atomic E-state index is 13.5. The average Bonchev–Trinajstić information content (AvgIpc) is 2.96. The van der Waals surface area contributed by atoms with E-state index in [4.69, 9.17) is 34.7 Å². The number of benzene rings is 2. The van der Waals surface area contributed by atoms with Gasteiger partial charge in [0.2, 0.25) is 17.7 Å². The van der Waals surface area contributed by atoms with Gasteiger partial charge in [-0.2, -0.15) is 0 Å². The van der Waals surface area contributed by atoms with E-state index >= 15 is 0 Å². The molecule has 1 aliphatic rings. The summed E-state index contributed by atoms with van der Waals surface area (Å²) in [7, 11) is 0. The third-order valence-electron chi connectivity index (χ3n) is 7.42. The van der Waals surface area contributed by atoms with Gasteiger partial charge in [0.25, 0.3) is 0 Å². The molecule has 4 rings (SSSR count). The van der Waals surface area contributed by atoms with E-state index in [1.165, 1.54) is 24.3 Å². The Kier molecular flexibility index (Phi) is 10.9. The summed E-state index contributed by atoms with van der Waals surface area (Å²) in [6.45, 7) is 2.22. The zero-order chi connectivity index (χ0) is 30.2. The van der Waals surface area contributed by atoms with Gasteiger partial charge in [-0.05, 0) is 60.8 Å². The predicted octanol–water partition coefficient (Wildman–Crippen LogP) is 4.04. The third kappa shape index (κ3) is 8.25. The third-order valence-corrected chi connectivity index (χ3v) is 8.01. The van der Waals surface area contributed by atoms with Crippen molar-refractivity contribution in [3.8, 4) is 0 Å². The van der Waals surface area contributed by atoms with E-state index in [0.29, 0.717) is 19.6 Å². The normalized spacial score (nSPS) is 16.6. The summed E-state index contributed by atoms with van der Waals surface area (Å²) in [6, 6.07) is 12.5. The summed E-state index contributed by atoms with van der Waals surface area (Å²) in [5.74, 6) is -1.80. The number of nitrogens with zero attached hydrogens (tertiary/aromatic N) is 3. The fraction of sp³-hybridized carbons (Fsp3) is 0.333. The van der Waals surface area contributed by atoms with Gasteiger partial charge < -0.3 is 16.8 Å². The minimum absolute atomic E-state index is 0.0751. The number of primary amides is 2. The van der Waals surface area contributed by atoms with Crippen molar-refractivity contribution in [3.63, 3.8) is 0 Å². The van der Waals surface area contributed by atoms with Crippen molar-refractivity contribution in [2.24, 2.45) is 11.5 Å². The first-order valence-electron chi connectivity index (χ1n) is 13.6. The number of rotatable bonds is 12. The van der Waals surface area contributed by atoms with Crippen LogP contribution in [0.25, 0.3) is 0 Å². The Morgan fingerprint density at radius 2 is 1.74 bits per heavy atom. The number of aromatic nitrogens is 1. The van der Waals surface area contributed by atoms with Gasteiger partial charge in [0.05, 0.1) is 22.3 Å². The number of hydrogen-bond donors (Lipinski definition) is 3. The van der Waals surface area contributed by atoms with Gasteiger partial charge in [-0.1, -0.05) is 47.8 Å². The molecule has 3 aromatic rings. The van der Waals surface area contributed by atoms with Crippen LogP contribution < -0.4 is 16.8 Å². The molecule has 3 amide bonds. The molecule has 222 valence electrons. The van der Waals surface area contributed by atoms with Crippen LogP contribution in [-0.2, 0) is 9.59 Å². The highest BCUT2D eigenvalue weighted by Gasteiger charge is 2.32. The number of unbranched alkanes of at least 4 members (excludes halogenated alkanes) is 1. The van der Waals surface area contributed by atoms with Gasteiger partial charge in [-0.3, -0.25) is 29.2 Å². The van der Waals surface area contributed by atoms with Crippen LogP contribution in [0, 0.1) is 5.82 Å². The van der Waals surface area contributed by atoms with Crippen LogP contribution in [0.4, 0.5) is 10.1 Å². The van der Waals surface area contributed by atoms with Gasteiger partial charge in [-0.15, -0.1) is 0 Å². The van der Waals surface area contributed by atoms with E-state index in [9.17, 15) is 18.8 Å². The first kappa shape index (κ1) is 31.4. The Balaban J connectivity index is 1.30. The lowest BCUT2D eigenvalue weighted by Crippen LogP contribution is -2.59. The van der Waals surface area contributed by atoms with Crippen molar-refractivity contribution < 1.29 is 18.8 Å². The summed E-state index contributed by atoms with van der Waals surface area (Å²) in [5.41, 5.74) is 13.4. The molecule has 5 N–H and O–H groups in total. The number of anilines is 1. The molecule has 1 saturated heterocycles. The molecule has 2 unspecified atom stereocenters. The zero-order valence-electron chi connectivity index (χ0n) is 22.9. The highest BCUT2D eigenvalue weighted by Crippen LogP contribution is 2.32. The van der Waals surface area contributed by atoms with Crippen LogP contribution in [0.3, 0.4) is 0 Å². The largest absolute Gasteiger partial charge is 0.368 e. The van der Waals surface area contributed by atoms with Gasteiger partial charge in [0.15, 0.2) is 0 Å². The Hall–Kier alpha value is -3.57. The number of carbonyl (C=O) groups is 3. The molecule has 12 heteroatoms. The van der Waals surface area contributed by atoms with Gasteiger partial charge in [0, 0.05) is 43.5 Å². The summed E-state index contributed by atoms with van der Waals surface area (Å²) in [4.78, 5) is 44.7. The number of nitrogens with one attached hydrogen (secondary N) is 1. The van der Waals surface area contributed by atoms with Crippen LogP contribution in [0.1, 0.15) is 46.7 Å². The minimum Gasteiger partial charge on any atom is -0.368 e. The van der Waals surface area contributed by atoms with Crippen LogP contribution in [0.15, 0.2) is 60.9 Å². The highest BCUT2D eigenvalue weighted by atomic mass is 35.5. The van der Waals surface area contributed by atoms with Gasteiger partial charge in [0.1, 0.15) is 11.9 Å². The van der Waals surface area contributed by atoms with Crippen molar-refractivity contribution in [2.45, 2.75) is 31.2 Å². The average molecular weight is 616 g/mol. The highest BCUT2D eigenvalue weighted by molar-refractivity contribution is 6.40. The monoisotopic (exact) mass is 614 g/mol. The first-order valence-corrected chi connectivity index (χ1v) is 14.4. The fourth-order valence-electron chi connectivity index (χ4n) is 5.22. The molecule has 0 aliphatic carbocycles. The second-order valence-corrected chi connectivity index (χ2v) is 11.1. The van der Waals surface area contributed by atoms with E-state index in [2.05, 4.69) is 15.2 Å². The maximum Gasteiger partial charge on any atom is 0.248 e. The zero-order valence-corrected chi connectivity index (χ0v) is 24.5. The molecule has 0 saturated carbocycles. The molecule has 2 aromatic carbocycles. The lowest BCUT2D eigenvalue weighted by atomic mass is 9.88. The number of amides is 3. The molecule has 1 fully saturated rings. The molecule has 0 spiro atoms. The number of carbonyl (C=O) groups excluding carboxylic acids is 3. The van der Waals surface area contributed by atoms with Crippen molar-refractivity contribution in [2.75, 3.05) is 38.0 Å². The van der Waals surface area contributed by atoms with Crippen LogP contribution in [0.5, 0.6) is 0 Å². The minimum atomic E-state index is -0.694. The quantitative estimate of drug-likeness (QED) is 0.264. The second-order valence-electron chi connectivity index (χ2n) is 10.3. The molecule has 9 nitrogen and oxygen atoms in total. The first-order chi connectivity index (χ1) is 20.1. The van der Waals surface area contributed by atoms with Crippen molar-refractivity contribution in [1.29, 1.82) is 0 Å². The Morgan fingerprint density at radius 1 is 1.02 bits per heavy atom. The molecule has 2 atom stereocenters. The van der Waals surface area contributed by atoms with E-state index in [1.54, 1.807) is 11.1 Å². The number of piperazine rings is 1. The number of pyridine rings is 1. The van der Waals surface area contributed by atoms with Gasteiger partial charge >= 0.3 is 0 Å². The summed E-state index contributed by atoms with van der Waals surface area (Å²) < 4.78 is 13.5. The van der Waals surface area contributed by atoms with E-state index < -0.39 is 23.8 Å². The Bertz CT molecular complexity index is 1390. The van der Waals surface area contributed by atoms with Crippen molar-refractivity contribution >= 4 is 46.6 Å². The smallest absolute Gasteiger partial charge is 0.248 e. The molecule has 2 heterocycles. The van der Waals surface area contributed by atoms with Crippen LogP contribution in [-0.4, -0.2) is 71.3 Å². The predicted molar refractivity (Wildman–Crippen MR) is 161 cm³/mol. The lowest BCUT2D eigenvalue weighted by molar-refractivity contribution is -0.127. The number of nitrogens with two attached hydrogens (primary N) is 2. The molecular formula is C30H33Cl2FN6O3.